The van der Waals surface area contributed by atoms with Crippen LogP contribution in [0.3, 0.4) is 0 Å². The summed E-state index contributed by atoms with van der Waals surface area (Å²) in [6, 6.07) is -0.545. The van der Waals surface area contributed by atoms with Gasteiger partial charge in [0.1, 0.15) is 20.6 Å². The molecule has 0 aromatic rings. The average molecular weight is 374 g/mol. The van der Waals surface area contributed by atoms with E-state index < -0.39 is 26.3 Å². The fourth-order valence-electron chi connectivity index (χ4n) is 2.14. The van der Waals surface area contributed by atoms with E-state index in [0.29, 0.717) is 13.0 Å². The van der Waals surface area contributed by atoms with Gasteiger partial charge in [-0.3, -0.25) is 0 Å². The molecule has 0 N–H and O–H groups in total. The lowest BCUT2D eigenvalue weighted by atomic mass is 9.94. The highest BCUT2D eigenvalue weighted by atomic mass is 31.2. The molecule has 0 saturated heterocycles. The van der Waals surface area contributed by atoms with Crippen LogP contribution in [-0.4, -0.2) is 62.1 Å². The van der Waals surface area contributed by atoms with Crippen molar-refractivity contribution in [1.29, 1.82) is 0 Å². The standard InChI is InChI=1S/C17H33BFN2O3P/c1-9-17(7,24-16(18)15(6)19)12-23-25(22-11-10-20-8)21(13(2)3)14(4)5/h13-16H,9-12H2,1-7H3/t15-,16?,17-,25?/m1/s1. The van der Waals surface area contributed by atoms with Crippen molar-refractivity contribution < 1.29 is 18.2 Å². The number of rotatable bonds is 13. The smallest absolute Gasteiger partial charge is 0.259 e. The third kappa shape index (κ3) is 9.31. The molecule has 2 radical (unpaired) electrons. The molecule has 0 heterocycles. The van der Waals surface area contributed by atoms with Gasteiger partial charge in [0.25, 0.3) is 8.53 Å². The molecule has 0 aliphatic rings. The van der Waals surface area contributed by atoms with E-state index >= 15 is 0 Å². The number of ether oxygens (including phenoxy) is 1. The van der Waals surface area contributed by atoms with Crippen molar-refractivity contribution in [2.45, 2.75) is 84.7 Å². The maximum absolute atomic E-state index is 13.4. The minimum absolute atomic E-state index is 0.223. The van der Waals surface area contributed by atoms with Gasteiger partial charge in [0.15, 0.2) is 0 Å². The van der Waals surface area contributed by atoms with Gasteiger partial charge in [-0.1, -0.05) is 6.92 Å². The molecule has 0 aromatic carbocycles. The van der Waals surface area contributed by atoms with Crippen LogP contribution in [0.15, 0.2) is 0 Å². The molecule has 8 heteroatoms. The molecule has 0 bridgehead atoms. The normalized spacial score (nSPS) is 18.2. The molecule has 2 unspecified atom stereocenters. The van der Waals surface area contributed by atoms with Crippen LogP contribution in [0.4, 0.5) is 4.39 Å². The second-order valence-electron chi connectivity index (χ2n) is 6.86. The predicted octanol–water partition coefficient (Wildman–Crippen LogP) is 4.32. The van der Waals surface area contributed by atoms with Crippen LogP contribution in [0.1, 0.15) is 54.9 Å². The van der Waals surface area contributed by atoms with E-state index in [1.165, 1.54) is 6.92 Å². The third-order valence-corrected chi connectivity index (χ3v) is 5.81. The maximum Gasteiger partial charge on any atom is 0.259 e. The average Bonchev–Trinajstić information content (AvgIpc) is 2.51. The number of alkyl halides is 1. The second-order valence-corrected chi connectivity index (χ2v) is 8.31. The Bertz CT molecular complexity index is 402. The summed E-state index contributed by atoms with van der Waals surface area (Å²) in [6.45, 7) is 21.2. The van der Waals surface area contributed by atoms with Crippen molar-refractivity contribution in [2.24, 2.45) is 0 Å². The summed E-state index contributed by atoms with van der Waals surface area (Å²) >= 11 is 0. The largest absolute Gasteiger partial charge is 0.376 e. The van der Waals surface area contributed by atoms with E-state index in [4.69, 9.17) is 28.2 Å². The molecule has 0 aromatic heterocycles. The van der Waals surface area contributed by atoms with E-state index in [1.807, 2.05) is 13.8 Å². The van der Waals surface area contributed by atoms with Gasteiger partial charge in [-0.25, -0.2) is 15.6 Å². The number of hydrogen-bond acceptors (Lipinski definition) is 4. The van der Waals surface area contributed by atoms with E-state index in [1.54, 1.807) is 0 Å². The van der Waals surface area contributed by atoms with Gasteiger partial charge in [0.2, 0.25) is 6.54 Å². The first kappa shape index (κ1) is 24.8. The molecular weight excluding hydrogens is 341 g/mol. The minimum Gasteiger partial charge on any atom is -0.376 e. The highest BCUT2D eigenvalue weighted by Crippen LogP contribution is 2.46. The Balaban J connectivity index is 5.05. The molecule has 0 saturated carbocycles. The van der Waals surface area contributed by atoms with E-state index in [-0.39, 0.29) is 25.2 Å². The SMILES string of the molecule is [B]C(O[C@](C)(CC)COP(OCC[N+]#[C-])N(C(C)C)C(C)C)[C@@H](C)F. The first-order valence-electron chi connectivity index (χ1n) is 8.82. The zero-order valence-corrected chi connectivity index (χ0v) is 17.6. The Labute approximate surface area is 155 Å². The molecule has 0 aliphatic heterocycles. The fourth-order valence-corrected chi connectivity index (χ4v) is 3.86. The maximum atomic E-state index is 13.4. The Hall–Kier alpha value is -0.245. The molecule has 0 rings (SSSR count). The molecule has 25 heavy (non-hydrogen) atoms. The van der Waals surface area contributed by atoms with Crippen molar-refractivity contribution >= 4 is 16.4 Å². The van der Waals surface area contributed by atoms with Gasteiger partial charge < -0.3 is 18.6 Å². The number of hydrogen-bond donors (Lipinski definition) is 0. The van der Waals surface area contributed by atoms with Crippen LogP contribution in [-0.2, 0) is 13.8 Å². The zero-order chi connectivity index (χ0) is 19.6. The number of nitrogens with zero attached hydrogens (tertiary/aromatic N) is 2. The molecule has 0 spiro atoms. The van der Waals surface area contributed by atoms with Crippen molar-refractivity contribution in [2.75, 3.05) is 19.8 Å². The van der Waals surface area contributed by atoms with Gasteiger partial charge in [0, 0.05) is 18.1 Å². The van der Waals surface area contributed by atoms with Gasteiger partial charge in [-0.05, 0) is 48.0 Å². The Morgan fingerprint density at radius 3 is 2.16 bits per heavy atom. The molecule has 144 valence electrons. The molecule has 5 nitrogen and oxygen atoms in total. The van der Waals surface area contributed by atoms with Crippen LogP contribution >= 0.6 is 8.53 Å². The molecule has 0 aliphatic carbocycles. The Morgan fingerprint density at radius 1 is 1.20 bits per heavy atom. The topological polar surface area (TPSA) is 35.3 Å². The monoisotopic (exact) mass is 374 g/mol. The summed E-state index contributed by atoms with van der Waals surface area (Å²) in [5, 5.41) is 0. The van der Waals surface area contributed by atoms with Crippen molar-refractivity contribution in [1.82, 2.24) is 4.67 Å². The lowest BCUT2D eigenvalue weighted by molar-refractivity contribution is -0.0970. The molecule has 0 fully saturated rings. The summed E-state index contributed by atoms with van der Waals surface area (Å²) in [4.78, 5) is 3.32. The van der Waals surface area contributed by atoms with Crippen LogP contribution in [0.25, 0.3) is 4.85 Å². The number of halogens is 1. The van der Waals surface area contributed by atoms with E-state index in [0.717, 1.165) is 0 Å². The van der Waals surface area contributed by atoms with Gasteiger partial charge in [-0.2, -0.15) is 0 Å². The van der Waals surface area contributed by atoms with Crippen molar-refractivity contribution in [3.05, 3.63) is 11.4 Å². The summed E-state index contributed by atoms with van der Waals surface area (Å²) in [6.07, 6.45) is -0.632. The predicted molar refractivity (Wildman–Crippen MR) is 102 cm³/mol. The summed E-state index contributed by atoms with van der Waals surface area (Å²) in [5.41, 5.74) is -0.705. The molecular formula is C17H33BFN2O3P. The summed E-state index contributed by atoms with van der Waals surface area (Å²) in [7, 11) is 4.37. The van der Waals surface area contributed by atoms with Gasteiger partial charge in [0.05, 0.1) is 12.2 Å². The first-order chi connectivity index (χ1) is 11.6. The second kappa shape index (κ2) is 12.2. The quantitative estimate of drug-likeness (QED) is 0.208. The van der Waals surface area contributed by atoms with E-state index in [9.17, 15) is 4.39 Å². The Kier molecular flexibility index (Phi) is 12.1. The van der Waals surface area contributed by atoms with Gasteiger partial charge >= 0.3 is 0 Å². The Morgan fingerprint density at radius 2 is 1.76 bits per heavy atom. The third-order valence-electron chi connectivity index (χ3n) is 3.75. The van der Waals surface area contributed by atoms with Crippen molar-refractivity contribution in [3.63, 3.8) is 0 Å². The van der Waals surface area contributed by atoms with E-state index in [2.05, 4.69) is 37.2 Å². The summed E-state index contributed by atoms with van der Waals surface area (Å²) < 4.78 is 33.1. The zero-order valence-electron chi connectivity index (χ0n) is 16.7. The molecule has 0 amide bonds. The van der Waals surface area contributed by atoms with Crippen LogP contribution in [0.2, 0.25) is 0 Å². The van der Waals surface area contributed by atoms with Crippen LogP contribution in [0, 0.1) is 6.57 Å². The summed E-state index contributed by atoms with van der Waals surface area (Å²) in [5.74, 6) is 0. The van der Waals surface area contributed by atoms with Crippen molar-refractivity contribution in [3.8, 4) is 0 Å². The highest BCUT2D eigenvalue weighted by molar-refractivity contribution is 7.44. The van der Waals surface area contributed by atoms with Gasteiger partial charge in [-0.15, -0.1) is 0 Å². The van der Waals surface area contributed by atoms with Crippen LogP contribution in [0.5, 0.6) is 0 Å². The fraction of sp³-hybridized carbons (Fsp3) is 0.941. The lowest BCUT2D eigenvalue weighted by Crippen LogP contribution is -2.41. The first-order valence-corrected chi connectivity index (χ1v) is 9.95. The lowest BCUT2D eigenvalue weighted by Gasteiger charge is -2.38. The van der Waals surface area contributed by atoms with Crippen LogP contribution < -0.4 is 0 Å². The minimum atomic E-state index is -1.35. The highest BCUT2D eigenvalue weighted by Gasteiger charge is 2.33. The molecule has 4 atom stereocenters.